The van der Waals surface area contributed by atoms with Crippen molar-refractivity contribution in [1.82, 2.24) is 4.90 Å². The van der Waals surface area contributed by atoms with Crippen LogP contribution in [0.15, 0.2) is 0 Å². The Morgan fingerprint density at radius 3 is 2.86 bits per heavy atom. The molecule has 1 rings (SSSR count). The summed E-state index contributed by atoms with van der Waals surface area (Å²) in [6, 6.07) is 0. The lowest BCUT2D eigenvalue weighted by Crippen LogP contribution is -2.33. The molecule has 1 aliphatic rings. The average Bonchev–Trinajstić information content (AvgIpc) is 2.48. The summed E-state index contributed by atoms with van der Waals surface area (Å²) >= 11 is 0. The highest BCUT2D eigenvalue weighted by atomic mass is 16.5. The van der Waals surface area contributed by atoms with Gasteiger partial charge in [0.2, 0.25) is 5.91 Å². The van der Waals surface area contributed by atoms with Crippen LogP contribution in [0.2, 0.25) is 0 Å². The number of hydrogen-bond donors (Lipinski definition) is 1. The molecular weight excluding hydrogens is 186 g/mol. The number of nitrogens with zero attached hydrogens (tertiary/aromatic N) is 1. The van der Waals surface area contributed by atoms with Crippen LogP contribution in [0.5, 0.6) is 0 Å². The van der Waals surface area contributed by atoms with E-state index in [1.807, 2.05) is 6.92 Å². The minimum Gasteiger partial charge on any atom is -0.481 e. The van der Waals surface area contributed by atoms with Crippen molar-refractivity contribution in [3.05, 3.63) is 0 Å². The summed E-state index contributed by atoms with van der Waals surface area (Å²) in [7, 11) is 1.57. The van der Waals surface area contributed by atoms with Crippen molar-refractivity contribution < 1.29 is 19.4 Å². The minimum atomic E-state index is -0.897. The van der Waals surface area contributed by atoms with E-state index in [0.29, 0.717) is 13.1 Å². The Bertz CT molecular complexity index is 241. The van der Waals surface area contributed by atoms with Crippen LogP contribution in [-0.2, 0) is 14.3 Å². The third-order valence-electron chi connectivity index (χ3n) is 2.44. The summed E-state index contributed by atoms with van der Waals surface area (Å²) in [6.07, 6.45) is 0.0673. The molecule has 1 saturated heterocycles. The Balaban J connectivity index is 2.48. The highest BCUT2D eigenvalue weighted by molar-refractivity contribution is 5.86. The molecule has 1 amide bonds. The van der Waals surface area contributed by atoms with Crippen LogP contribution in [-0.4, -0.2) is 48.2 Å². The first kappa shape index (κ1) is 11.0. The first-order chi connectivity index (χ1) is 6.54. The van der Waals surface area contributed by atoms with Gasteiger partial charge >= 0.3 is 5.97 Å². The van der Waals surface area contributed by atoms with Crippen molar-refractivity contribution in [3.8, 4) is 0 Å². The quantitative estimate of drug-likeness (QED) is 0.692. The van der Waals surface area contributed by atoms with Gasteiger partial charge in [-0.15, -0.1) is 0 Å². The van der Waals surface area contributed by atoms with Gasteiger partial charge in [-0.3, -0.25) is 9.59 Å². The molecule has 1 aliphatic heterocycles. The van der Waals surface area contributed by atoms with Crippen molar-refractivity contribution in [3.63, 3.8) is 0 Å². The van der Waals surface area contributed by atoms with Gasteiger partial charge in [0.05, 0.1) is 12.0 Å². The molecule has 0 bridgehead atoms. The number of rotatable bonds is 4. The van der Waals surface area contributed by atoms with Crippen LogP contribution in [0.1, 0.15) is 13.3 Å². The van der Waals surface area contributed by atoms with Crippen LogP contribution >= 0.6 is 0 Å². The highest BCUT2D eigenvalue weighted by Crippen LogP contribution is 2.18. The number of aliphatic carboxylic acids is 1. The maximum absolute atomic E-state index is 11.3. The SMILES string of the molecule is CO[C@H](C)CN1C[C@H](C(=O)O)CC1=O. The second-order valence-electron chi connectivity index (χ2n) is 3.58. The molecule has 0 aliphatic carbocycles. The number of amides is 1. The first-order valence-electron chi connectivity index (χ1n) is 4.58. The summed E-state index contributed by atoms with van der Waals surface area (Å²) in [5.41, 5.74) is 0. The van der Waals surface area contributed by atoms with Gasteiger partial charge in [-0.25, -0.2) is 0 Å². The fourth-order valence-electron chi connectivity index (χ4n) is 1.50. The van der Waals surface area contributed by atoms with Crippen LogP contribution in [0.3, 0.4) is 0 Å². The zero-order chi connectivity index (χ0) is 10.7. The lowest BCUT2D eigenvalue weighted by Gasteiger charge is -2.19. The van der Waals surface area contributed by atoms with Gasteiger partial charge in [0, 0.05) is 26.6 Å². The fourth-order valence-corrected chi connectivity index (χ4v) is 1.50. The highest BCUT2D eigenvalue weighted by Gasteiger charge is 2.34. The maximum Gasteiger partial charge on any atom is 0.308 e. The van der Waals surface area contributed by atoms with Crippen molar-refractivity contribution in [1.29, 1.82) is 0 Å². The van der Waals surface area contributed by atoms with Crippen LogP contribution in [0.25, 0.3) is 0 Å². The van der Waals surface area contributed by atoms with E-state index in [2.05, 4.69) is 0 Å². The van der Waals surface area contributed by atoms with Crippen molar-refractivity contribution in [2.75, 3.05) is 20.2 Å². The van der Waals surface area contributed by atoms with Gasteiger partial charge in [0.25, 0.3) is 0 Å². The largest absolute Gasteiger partial charge is 0.481 e. The Hall–Kier alpha value is -1.10. The number of methoxy groups -OCH3 is 1. The van der Waals surface area contributed by atoms with Crippen LogP contribution < -0.4 is 0 Å². The van der Waals surface area contributed by atoms with E-state index in [9.17, 15) is 9.59 Å². The standard InChI is InChI=1S/C9H15NO4/c1-6(14-2)4-10-5-7(9(12)13)3-8(10)11/h6-7H,3-5H2,1-2H3,(H,12,13)/t6-,7-/m1/s1. The Morgan fingerprint density at radius 2 is 2.43 bits per heavy atom. The number of carboxylic acid groups (broad SMARTS) is 1. The molecule has 1 heterocycles. The summed E-state index contributed by atoms with van der Waals surface area (Å²) < 4.78 is 5.01. The second kappa shape index (κ2) is 4.41. The van der Waals surface area contributed by atoms with Gasteiger partial charge < -0.3 is 14.7 Å². The lowest BCUT2D eigenvalue weighted by atomic mass is 10.1. The summed E-state index contributed by atoms with van der Waals surface area (Å²) in [5, 5.41) is 8.73. The predicted molar refractivity (Wildman–Crippen MR) is 48.8 cm³/mol. The van der Waals surface area contributed by atoms with Gasteiger partial charge in [-0.05, 0) is 6.92 Å². The number of carbonyl (C=O) groups excluding carboxylic acids is 1. The predicted octanol–water partition coefficient (Wildman–Crippen LogP) is -0.0456. The van der Waals surface area contributed by atoms with E-state index < -0.39 is 11.9 Å². The van der Waals surface area contributed by atoms with Gasteiger partial charge in [-0.2, -0.15) is 0 Å². The van der Waals surface area contributed by atoms with E-state index in [0.717, 1.165) is 0 Å². The molecule has 5 nitrogen and oxygen atoms in total. The molecule has 0 unspecified atom stereocenters. The molecule has 0 aromatic heterocycles. The van der Waals surface area contributed by atoms with Crippen molar-refractivity contribution >= 4 is 11.9 Å². The molecule has 0 radical (unpaired) electrons. The summed E-state index contributed by atoms with van der Waals surface area (Å²) in [6.45, 7) is 2.63. The van der Waals surface area contributed by atoms with E-state index in [4.69, 9.17) is 9.84 Å². The number of hydrogen-bond acceptors (Lipinski definition) is 3. The van der Waals surface area contributed by atoms with Gasteiger partial charge in [0.1, 0.15) is 0 Å². The van der Waals surface area contributed by atoms with E-state index in [1.165, 1.54) is 0 Å². The third kappa shape index (κ3) is 2.45. The Kier molecular flexibility index (Phi) is 3.46. The zero-order valence-electron chi connectivity index (χ0n) is 8.40. The van der Waals surface area contributed by atoms with Crippen molar-refractivity contribution in [2.45, 2.75) is 19.4 Å². The average molecular weight is 201 g/mol. The van der Waals surface area contributed by atoms with Crippen LogP contribution in [0.4, 0.5) is 0 Å². The number of ether oxygens (including phenoxy) is 1. The van der Waals surface area contributed by atoms with Crippen LogP contribution in [0, 0.1) is 5.92 Å². The van der Waals surface area contributed by atoms with Crippen molar-refractivity contribution in [2.24, 2.45) is 5.92 Å². The smallest absolute Gasteiger partial charge is 0.308 e. The number of carbonyl (C=O) groups is 2. The maximum atomic E-state index is 11.3. The molecule has 1 fully saturated rings. The molecule has 80 valence electrons. The molecule has 0 spiro atoms. The molecular formula is C9H15NO4. The van der Waals surface area contributed by atoms with Gasteiger partial charge in [0.15, 0.2) is 0 Å². The summed E-state index contributed by atoms with van der Waals surface area (Å²) in [5.74, 6) is -1.54. The number of likely N-dealkylation sites (tertiary alicyclic amines) is 1. The molecule has 0 saturated carbocycles. The molecule has 1 N–H and O–H groups in total. The second-order valence-corrected chi connectivity index (χ2v) is 3.58. The normalized spacial score (nSPS) is 24.0. The lowest BCUT2D eigenvalue weighted by molar-refractivity contribution is -0.141. The number of carboxylic acids is 1. The molecule has 5 heteroatoms. The van der Waals surface area contributed by atoms with Gasteiger partial charge in [-0.1, -0.05) is 0 Å². The fraction of sp³-hybridized carbons (Fsp3) is 0.778. The third-order valence-corrected chi connectivity index (χ3v) is 2.44. The first-order valence-corrected chi connectivity index (χ1v) is 4.58. The monoisotopic (exact) mass is 201 g/mol. The van der Waals surface area contributed by atoms with E-state index in [1.54, 1.807) is 12.0 Å². The summed E-state index contributed by atoms with van der Waals surface area (Å²) in [4.78, 5) is 23.5. The molecule has 14 heavy (non-hydrogen) atoms. The zero-order valence-corrected chi connectivity index (χ0v) is 8.40. The van der Waals surface area contributed by atoms with E-state index >= 15 is 0 Å². The Morgan fingerprint density at radius 1 is 1.79 bits per heavy atom. The van der Waals surface area contributed by atoms with E-state index in [-0.39, 0.29) is 18.4 Å². The Labute approximate surface area is 82.6 Å². The molecule has 0 aromatic rings. The topological polar surface area (TPSA) is 66.8 Å². The minimum absolute atomic E-state index is 0.0495. The molecule has 2 atom stereocenters. The molecule has 0 aromatic carbocycles.